The van der Waals surface area contributed by atoms with Gasteiger partial charge in [0.25, 0.3) is 0 Å². The van der Waals surface area contributed by atoms with Crippen molar-refractivity contribution in [1.29, 1.82) is 0 Å². The third-order valence-corrected chi connectivity index (χ3v) is 5.02. The third kappa shape index (κ3) is 3.80. The van der Waals surface area contributed by atoms with Crippen molar-refractivity contribution in [2.75, 3.05) is 0 Å². The van der Waals surface area contributed by atoms with Crippen molar-refractivity contribution >= 4 is 10.0 Å². The van der Waals surface area contributed by atoms with Gasteiger partial charge in [0.2, 0.25) is 10.0 Å². The Morgan fingerprint density at radius 1 is 1.07 bits per heavy atom. The van der Waals surface area contributed by atoms with Crippen molar-refractivity contribution in [3.63, 3.8) is 0 Å². The molecule has 0 aliphatic rings. The number of alkyl halides is 3. The summed E-state index contributed by atoms with van der Waals surface area (Å²) in [5, 5.41) is 4.76. The molecule has 0 radical (unpaired) electrons. The molecule has 2 aromatic carbocycles. The molecule has 12 heteroatoms. The number of benzene rings is 2. The van der Waals surface area contributed by atoms with Crippen LogP contribution in [0.2, 0.25) is 0 Å². The van der Waals surface area contributed by atoms with Gasteiger partial charge in [-0.2, -0.15) is 13.2 Å². The number of aryl methyl sites for hydroxylation is 1. The Hall–Kier alpha value is -2.99. The molecular formula is C17H11F5N2O4S. The number of hydrogen-bond acceptors (Lipinski definition) is 4. The molecule has 1 aromatic heterocycles. The second kappa shape index (κ2) is 6.81. The number of nitrogens with two attached hydrogens (primary N) is 1. The average molecular weight is 434 g/mol. The van der Waals surface area contributed by atoms with Crippen molar-refractivity contribution in [2.24, 2.45) is 5.14 Å². The van der Waals surface area contributed by atoms with Crippen LogP contribution in [0.25, 0.3) is 16.9 Å². The molecule has 2 N–H and O–H groups in total. The van der Waals surface area contributed by atoms with E-state index in [1.807, 2.05) is 0 Å². The van der Waals surface area contributed by atoms with Crippen LogP contribution < -0.4 is 10.9 Å². The first kappa shape index (κ1) is 20.7. The van der Waals surface area contributed by atoms with E-state index in [4.69, 9.17) is 5.14 Å². The van der Waals surface area contributed by atoms with Gasteiger partial charge in [-0.3, -0.25) is 0 Å². The molecule has 29 heavy (non-hydrogen) atoms. The summed E-state index contributed by atoms with van der Waals surface area (Å²) in [7, 11) is -4.71. The first-order valence-electron chi connectivity index (χ1n) is 7.71. The maximum Gasteiger partial charge on any atom is 0.424 e. The summed E-state index contributed by atoms with van der Waals surface area (Å²) in [4.78, 5) is 10.7. The predicted octanol–water partition coefficient (Wildman–Crippen LogP) is 3.35. The number of sulfonamides is 1. The monoisotopic (exact) mass is 434 g/mol. The minimum Gasteiger partial charge on any atom is -0.415 e. The molecule has 0 bridgehead atoms. The van der Waals surface area contributed by atoms with Crippen LogP contribution in [0.3, 0.4) is 0 Å². The zero-order chi connectivity index (χ0) is 21.7. The molecule has 6 nitrogen and oxygen atoms in total. The largest absolute Gasteiger partial charge is 0.424 e. The normalized spacial score (nSPS) is 12.4. The van der Waals surface area contributed by atoms with Crippen molar-refractivity contribution in [3.05, 3.63) is 69.9 Å². The molecular weight excluding hydrogens is 423 g/mol. The lowest BCUT2D eigenvalue weighted by atomic mass is 10.1. The maximum absolute atomic E-state index is 14.1. The topological polar surface area (TPSA) is 95.3 Å². The zero-order valence-corrected chi connectivity index (χ0v) is 15.2. The van der Waals surface area contributed by atoms with Gasteiger partial charge in [0.1, 0.15) is 17.9 Å². The first-order chi connectivity index (χ1) is 13.3. The highest BCUT2D eigenvalue weighted by Crippen LogP contribution is 2.34. The summed E-state index contributed by atoms with van der Waals surface area (Å²) in [6, 6.07) is 4.13. The number of oxazole rings is 1. The molecule has 0 aliphatic carbocycles. The number of primary sulfonamides is 1. The quantitative estimate of drug-likeness (QED) is 0.640. The molecule has 0 aliphatic heterocycles. The van der Waals surface area contributed by atoms with Gasteiger partial charge >= 0.3 is 11.9 Å². The Morgan fingerprint density at radius 3 is 2.17 bits per heavy atom. The van der Waals surface area contributed by atoms with Crippen LogP contribution in [0.1, 0.15) is 11.1 Å². The maximum atomic E-state index is 14.1. The number of nitrogens with zero attached hydrogens (tertiary/aromatic N) is 1. The van der Waals surface area contributed by atoms with Gasteiger partial charge in [0, 0.05) is 5.56 Å². The molecule has 3 rings (SSSR count). The summed E-state index contributed by atoms with van der Waals surface area (Å²) >= 11 is 0. The fraction of sp³-hybridized carbons (Fsp3) is 0.118. The second-order valence-corrected chi connectivity index (χ2v) is 7.53. The van der Waals surface area contributed by atoms with Gasteiger partial charge in [-0.15, -0.1) is 0 Å². The molecule has 0 spiro atoms. The number of aromatic nitrogens is 1. The summed E-state index contributed by atoms with van der Waals surface area (Å²) in [5.41, 5.74) is -2.05. The van der Waals surface area contributed by atoms with Gasteiger partial charge in [-0.1, -0.05) is 6.07 Å². The Balaban J connectivity index is 2.25. The molecule has 0 saturated heterocycles. The van der Waals surface area contributed by atoms with Crippen LogP contribution in [0.15, 0.2) is 50.7 Å². The first-order valence-corrected chi connectivity index (χ1v) is 9.26. The molecule has 154 valence electrons. The van der Waals surface area contributed by atoms with Gasteiger partial charge in [0.05, 0.1) is 16.9 Å². The molecule has 0 fully saturated rings. The van der Waals surface area contributed by atoms with E-state index in [-0.39, 0.29) is 22.5 Å². The smallest absolute Gasteiger partial charge is 0.415 e. The Labute approximate surface area is 160 Å². The standard InChI is InChI=1S/C17H11F5N2O4S/c1-8-2-3-10(6-11(8)17(20,21)22)24-14(7-28-16(24)25)9-4-12(18)15(13(19)5-9)29(23,26)27/h2-7H,1H3,(H2,23,26,27). The number of halogens is 5. The van der Waals surface area contributed by atoms with E-state index in [1.165, 1.54) is 13.0 Å². The van der Waals surface area contributed by atoms with Crippen LogP contribution in [0, 0.1) is 18.6 Å². The summed E-state index contributed by atoms with van der Waals surface area (Å²) in [6.07, 6.45) is -3.93. The van der Waals surface area contributed by atoms with Crippen LogP contribution in [0.4, 0.5) is 22.0 Å². The minimum absolute atomic E-state index is 0.103. The lowest BCUT2D eigenvalue weighted by molar-refractivity contribution is -0.138. The highest BCUT2D eigenvalue weighted by molar-refractivity contribution is 7.89. The van der Waals surface area contributed by atoms with Crippen LogP contribution in [-0.2, 0) is 16.2 Å². The van der Waals surface area contributed by atoms with E-state index in [9.17, 15) is 35.2 Å². The van der Waals surface area contributed by atoms with Crippen molar-refractivity contribution in [1.82, 2.24) is 4.57 Å². The Bertz CT molecular complexity index is 1250. The van der Waals surface area contributed by atoms with E-state index in [2.05, 4.69) is 4.42 Å². The molecule has 3 aromatic rings. The number of rotatable bonds is 3. The fourth-order valence-corrected chi connectivity index (χ4v) is 3.45. The lowest BCUT2D eigenvalue weighted by Crippen LogP contribution is -2.17. The van der Waals surface area contributed by atoms with Gasteiger partial charge in [-0.25, -0.2) is 31.7 Å². The van der Waals surface area contributed by atoms with Gasteiger partial charge in [-0.05, 0) is 36.8 Å². The summed E-state index contributed by atoms with van der Waals surface area (Å²) in [6.45, 7) is 1.22. The summed E-state index contributed by atoms with van der Waals surface area (Å²) < 4.78 is 95.7. The minimum atomic E-state index is -4.71. The van der Waals surface area contributed by atoms with Gasteiger partial charge < -0.3 is 4.42 Å². The fourth-order valence-electron chi connectivity index (χ4n) is 2.79. The van der Waals surface area contributed by atoms with Crippen LogP contribution in [0.5, 0.6) is 0 Å². The molecule has 0 unspecified atom stereocenters. The lowest BCUT2D eigenvalue weighted by Gasteiger charge is -2.13. The van der Waals surface area contributed by atoms with Crippen LogP contribution in [-0.4, -0.2) is 13.0 Å². The van der Waals surface area contributed by atoms with Crippen molar-refractivity contribution < 1.29 is 34.8 Å². The Morgan fingerprint density at radius 2 is 1.66 bits per heavy atom. The van der Waals surface area contributed by atoms with Crippen molar-refractivity contribution in [3.8, 4) is 16.9 Å². The SMILES string of the molecule is Cc1ccc(-n2c(-c3cc(F)c(S(N)(=O)=O)c(F)c3)coc2=O)cc1C(F)(F)F. The second-order valence-electron chi connectivity index (χ2n) is 6.03. The van der Waals surface area contributed by atoms with E-state index in [1.54, 1.807) is 0 Å². The highest BCUT2D eigenvalue weighted by Gasteiger charge is 2.33. The molecule has 0 saturated carbocycles. The molecule has 0 amide bonds. The van der Waals surface area contributed by atoms with E-state index >= 15 is 0 Å². The predicted molar refractivity (Wildman–Crippen MR) is 90.8 cm³/mol. The molecule has 0 atom stereocenters. The van der Waals surface area contributed by atoms with E-state index < -0.39 is 44.0 Å². The third-order valence-electron chi connectivity index (χ3n) is 4.06. The van der Waals surface area contributed by atoms with Gasteiger partial charge in [0.15, 0.2) is 4.90 Å². The Kier molecular flexibility index (Phi) is 4.87. The average Bonchev–Trinajstić information content (AvgIpc) is 2.94. The zero-order valence-electron chi connectivity index (χ0n) is 14.4. The van der Waals surface area contributed by atoms with Crippen molar-refractivity contribution in [2.45, 2.75) is 18.0 Å². The molecule has 1 heterocycles. The summed E-state index contributed by atoms with van der Waals surface area (Å²) in [5.74, 6) is -4.20. The highest BCUT2D eigenvalue weighted by atomic mass is 32.2. The van der Waals surface area contributed by atoms with E-state index in [0.717, 1.165) is 12.3 Å². The van der Waals surface area contributed by atoms with E-state index in [0.29, 0.717) is 22.8 Å². The van der Waals surface area contributed by atoms with Crippen LogP contribution >= 0.6 is 0 Å². The number of hydrogen-bond donors (Lipinski definition) is 1.